The van der Waals surface area contributed by atoms with Crippen LogP contribution in [0, 0.1) is 14.9 Å². The number of hydrogen-bond donors (Lipinski definition) is 0. The van der Waals surface area contributed by atoms with Gasteiger partial charge in [-0.25, -0.2) is 4.79 Å². The van der Waals surface area contributed by atoms with Gasteiger partial charge in [0.05, 0.1) is 23.3 Å². The van der Waals surface area contributed by atoms with Crippen molar-refractivity contribution in [3.8, 4) is 6.07 Å². The van der Waals surface area contributed by atoms with E-state index in [0.29, 0.717) is 6.07 Å². The SMILES string of the molecule is CCOC(=O)c1cc(C(F)(F)F)c(I)cc1C#N. The van der Waals surface area contributed by atoms with Crippen LogP contribution in [-0.4, -0.2) is 12.6 Å². The number of nitrogens with zero attached hydrogens (tertiary/aromatic N) is 1. The normalized spacial score (nSPS) is 10.9. The van der Waals surface area contributed by atoms with E-state index in [-0.39, 0.29) is 21.3 Å². The van der Waals surface area contributed by atoms with Gasteiger partial charge in [-0.15, -0.1) is 0 Å². The Morgan fingerprint density at radius 2 is 2.11 bits per heavy atom. The summed E-state index contributed by atoms with van der Waals surface area (Å²) >= 11 is 1.47. The fourth-order valence-corrected chi connectivity index (χ4v) is 2.03. The first kappa shape index (κ1) is 14.8. The highest BCUT2D eigenvalue weighted by molar-refractivity contribution is 14.1. The Balaban J connectivity index is 3.42. The number of ether oxygens (including phenoxy) is 1. The van der Waals surface area contributed by atoms with Gasteiger partial charge in [-0.3, -0.25) is 0 Å². The second-order valence-corrected chi connectivity index (χ2v) is 4.37. The van der Waals surface area contributed by atoms with Crippen LogP contribution in [-0.2, 0) is 10.9 Å². The first-order valence-electron chi connectivity index (χ1n) is 4.79. The Bertz CT molecular complexity index is 520. The number of hydrogen-bond acceptors (Lipinski definition) is 3. The molecule has 0 aliphatic rings. The van der Waals surface area contributed by atoms with Gasteiger partial charge in [0.15, 0.2) is 0 Å². The minimum absolute atomic E-state index is 0.0248. The Morgan fingerprint density at radius 1 is 1.50 bits per heavy atom. The molecule has 0 radical (unpaired) electrons. The molecule has 0 spiro atoms. The molecule has 1 aromatic rings. The van der Waals surface area contributed by atoms with Crippen LogP contribution < -0.4 is 0 Å². The Labute approximate surface area is 115 Å². The fourth-order valence-electron chi connectivity index (χ4n) is 1.26. The van der Waals surface area contributed by atoms with Crippen LogP contribution in [0.1, 0.15) is 28.4 Å². The zero-order chi connectivity index (χ0) is 13.9. The van der Waals surface area contributed by atoms with E-state index in [2.05, 4.69) is 4.74 Å². The van der Waals surface area contributed by atoms with E-state index < -0.39 is 17.7 Å². The average molecular weight is 369 g/mol. The van der Waals surface area contributed by atoms with Crippen molar-refractivity contribution >= 4 is 28.6 Å². The predicted molar refractivity (Wildman–Crippen MR) is 64.8 cm³/mol. The molecule has 18 heavy (non-hydrogen) atoms. The number of alkyl halides is 3. The smallest absolute Gasteiger partial charge is 0.417 e. The summed E-state index contributed by atoms with van der Waals surface area (Å²) in [5.41, 5.74) is -1.46. The van der Waals surface area contributed by atoms with Gasteiger partial charge in [0.1, 0.15) is 6.07 Å². The maximum Gasteiger partial charge on any atom is 0.417 e. The lowest BCUT2D eigenvalue weighted by Gasteiger charge is -2.12. The van der Waals surface area contributed by atoms with Crippen LogP contribution in [0.25, 0.3) is 0 Å². The van der Waals surface area contributed by atoms with Crippen molar-refractivity contribution in [1.29, 1.82) is 5.26 Å². The Morgan fingerprint density at radius 3 is 2.56 bits per heavy atom. The van der Waals surface area contributed by atoms with Gasteiger partial charge >= 0.3 is 12.1 Å². The van der Waals surface area contributed by atoms with Crippen LogP contribution in [0.15, 0.2) is 12.1 Å². The van der Waals surface area contributed by atoms with Gasteiger partial charge in [0.2, 0.25) is 0 Å². The molecule has 0 aliphatic heterocycles. The molecular weight excluding hydrogens is 362 g/mol. The van der Waals surface area contributed by atoms with Crippen molar-refractivity contribution in [1.82, 2.24) is 0 Å². The van der Waals surface area contributed by atoms with Crippen molar-refractivity contribution in [2.75, 3.05) is 6.61 Å². The van der Waals surface area contributed by atoms with E-state index in [0.717, 1.165) is 6.07 Å². The summed E-state index contributed by atoms with van der Waals surface area (Å²) in [6, 6.07) is 3.36. The average Bonchev–Trinajstić information content (AvgIpc) is 2.27. The second-order valence-electron chi connectivity index (χ2n) is 3.21. The Hall–Kier alpha value is -1.30. The van der Waals surface area contributed by atoms with Crippen LogP contribution in [0.3, 0.4) is 0 Å². The monoisotopic (exact) mass is 369 g/mol. The molecule has 0 saturated carbocycles. The zero-order valence-electron chi connectivity index (χ0n) is 9.14. The molecule has 0 aromatic heterocycles. The van der Waals surface area contributed by atoms with Crippen molar-refractivity contribution in [3.05, 3.63) is 32.4 Å². The summed E-state index contributed by atoms with van der Waals surface area (Å²) in [4.78, 5) is 11.5. The molecule has 0 atom stereocenters. The number of halogens is 4. The summed E-state index contributed by atoms with van der Waals surface area (Å²) < 4.78 is 42.5. The molecule has 0 N–H and O–H groups in total. The molecular formula is C11H7F3INO2. The summed E-state index contributed by atoms with van der Waals surface area (Å²) in [7, 11) is 0. The first-order valence-corrected chi connectivity index (χ1v) is 5.87. The highest BCUT2D eigenvalue weighted by atomic mass is 127. The molecule has 0 fully saturated rings. The number of carbonyl (C=O) groups is 1. The molecule has 0 bridgehead atoms. The van der Waals surface area contributed by atoms with E-state index in [1.54, 1.807) is 6.07 Å². The summed E-state index contributed by atoms with van der Waals surface area (Å²) in [5.74, 6) is -0.934. The van der Waals surface area contributed by atoms with Gasteiger partial charge in [0, 0.05) is 3.57 Å². The van der Waals surface area contributed by atoms with E-state index in [1.807, 2.05) is 0 Å². The van der Waals surface area contributed by atoms with Crippen molar-refractivity contribution in [2.45, 2.75) is 13.1 Å². The highest BCUT2D eigenvalue weighted by Crippen LogP contribution is 2.34. The second kappa shape index (κ2) is 5.56. The van der Waals surface area contributed by atoms with E-state index in [4.69, 9.17) is 5.26 Å². The summed E-state index contributed by atoms with van der Waals surface area (Å²) in [5, 5.41) is 8.81. The molecule has 96 valence electrons. The quantitative estimate of drug-likeness (QED) is 0.594. The lowest BCUT2D eigenvalue weighted by molar-refractivity contribution is -0.138. The van der Waals surface area contributed by atoms with E-state index >= 15 is 0 Å². The Kier molecular flexibility index (Phi) is 4.56. The number of rotatable bonds is 2. The van der Waals surface area contributed by atoms with Crippen LogP contribution in [0.4, 0.5) is 13.2 Å². The molecule has 0 amide bonds. The fraction of sp³-hybridized carbons (Fsp3) is 0.273. The third kappa shape index (κ3) is 3.13. The lowest BCUT2D eigenvalue weighted by atomic mass is 10.0. The van der Waals surface area contributed by atoms with E-state index in [1.165, 1.54) is 29.5 Å². The van der Waals surface area contributed by atoms with Crippen molar-refractivity contribution in [2.24, 2.45) is 0 Å². The molecule has 7 heteroatoms. The minimum atomic E-state index is -4.58. The van der Waals surface area contributed by atoms with Gasteiger partial charge in [-0.1, -0.05) is 0 Å². The number of carbonyl (C=O) groups excluding carboxylic acids is 1. The largest absolute Gasteiger partial charge is 0.462 e. The van der Waals surface area contributed by atoms with Gasteiger partial charge < -0.3 is 4.74 Å². The summed E-state index contributed by atoms with van der Waals surface area (Å²) in [6.45, 7) is 1.55. The van der Waals surface area contributed by atoms with Gasteiger partial charge in [-0.05, 0) is 41.6 Å². The molecule has 1 aromatic carbocycles. The third-order valence-corrected chi connectivity index (χ3v) is 2.92. The van der Waals surface area contributed by atoms with Crippen molar-refractivity contribution < 1.29 is 22.7 Å². The standard InChI is InChI=1S/C11H7F3INO2/c1-2-18-10(17)7-4-8(11(12,13)14)9(15)3-6(7)5-16/h3-4H,2H2,1H3. The predicted octanol–water partition coefficient (Wildman–Crippen LogP) is 3.36. The topological polar surface area (TPSA) is 50.1 Å². The number of nitriles is 1. The lowest BCUT2D eigenvalue weighted by Crippen LogP contribution is -2.13. The van der Waals surface area contributed by atoms with Gasteiger partial charge in [-0.2, -0.15) is 18.4 Å². The first-order chi connectivity index (χ1) is 8.31. The minimum Gasteiger partial charge on any atom is -0.462 e. The molecule has 0 aliphatic carbocycles. The number of esters is 1. The van der Waals surface area contributed by atoms with Crippen LogP contribution in [0.2, 0.25) is 0 Å². The van der Waals surface area contributed by atoms with Crippen LogP contribution in [0.5, 0.6) is 0 Å². The maximum absolute atomic E-state index is 12.7. The molecule has 1 rings (SSSR count). The molecule has 0 heterocycles. The molecule has 0 saturated heterocycles. The molecule has 0 unspecified atom stereocenters. The highest BCUT2D eigenvalue weighted by Gasteiger charge is 2.34. The third-order valence-electron chi connectivity index (χ3n) is 2.03. The van der Waals surface area contributed by atoms with Crippen LogP contribution >= 0.6 is 22.6 Å². The van der Waals surface area contributed by atoms with Crippen molar-refractivity contribution in [3.63, 3.8) is 0 Å². The number of benzene rings is 1. The molecule has 3 nitrogen and oxygen atoms in total. The maximum atomic E-state index is 12.7. The zero-order valence-corrected chi connectivity index (χ0v) is 11.3. The van der Waals surface area contributed by atoms with E-state index in [9.17, 15) is 18.0 Å². The van der Waals surface area contributed by atoms with Gasteiger partial charge in [0.25, 0.3) is 0 Å². The summed E-state index contributed by atoms with van der Waals surface area (Å²) in [6.07, 6.45) is -4.58.